The Hall–Kier alpha value is -3.37. The number of rotatable bonds is 12. The minimum Gasteiger partial charge on any atom is -0.451 e. The van der Waals surface area contributed by atoms with Crippen LogP contribution in [0.1, 0.15) is 37.8 Å². The van der Waals surface area contributed by atoms with Crippen molar-refractivity contribution in [1.29, 1.82) is 0 Å². The van der Waals surface area contributed by atoms with E-state index in [9.17, 15) is 24.0 Å². The first-order valence-corrected chi connectivity index (χ1v) is 10.4. The summed E-state index contributed by atoms with van der Waals surface area (Å²) in [4.78, 5) is 62.7. The van der Waals surface area contributed by atoms with E-state index in [2.05, 4.69) is 0 Å². The number of cyclic esters (lactones) is 1. The van der Waals surface area contributed by atoms with Crippen LogP contribution in [0.3, 0.4) is 0 Å². The Bertz CT molecular complexity index is 896. The molecule has 33 heavy (non-hydrogen) atoms. The predicted octanol–water partition coefficient (Wildman–Crippen LogP) is 1.51. The molecule has 1 aliphatic rings. The fourth-order valence-electron chi connectivity index (χ4n) is 3.29. The minimum atomic E-state index is -1.72. The van der Waals surface area contributed by atoms with Gasteiger partial charge in [0.2, 0.25) is 0 Å². The van der Waals surface area contributed by atoms with E-state index < -0.39 is 42.0 Å². The molecule has 178 valence electrons. The lowest BCUT2D eigenvalue weighted by atomic mass is 10.0. The molecule has 2 amide bonds. The molecule has 10 nitrogen and oxygen atoms in total. The van der Waals surface area contributed by atoms with E-state index in [1.54, 1.807) is 30.3 Å². The number of hydrogen-bond donors (Lipinski definition) is 1. The largest absolute Gasteiger partial charge is 0.451 e. The number of benzene rings is 1. The standard InChI is InChI=1S/C23H27NO9/c1-15(26)33-20(19(28)12-11-17(27)10-6-7-13-25)21(31-2)22(29)24-18(14-32-23(24)30)16-8-4-3-5-9-16/h3-5,8-9,11-12,18,20-21,25H,6-7,10,13-14H2,1-2H3/t18-,20-,21+/m0/s1. The van der Waals surface area contributed by atoms with Crippen LogP contribution in [0.4, 0.5) is 4.79 Å². The molecule has 0 radical (unpaired) electrons. The second kappa shape index (κ2) is 12.6. The van der Waals surface area contributed by atoms with E-state index in [0.717, 1.165) is 31.1 Å². The van der Waals surface area contributed by atoms with Gasteiger partial charge in [-0.3, -0.25) is 19.2 Å². The molecular formula is C23H27NO9. The fourth-order valence-corrected chi connectivity index (χ4v) is 3.29. The van der Waals surface area contributed by atoms with Gasteiger partial charge in [0.15, 0.2) is 23.8 Å². The number of esters is 1. The van der Waals surface area contributed by atoms with E-state index >= 15 is 0 Å². The van der Waals surface area contributed by atoms with Gasteiger partial charge in [0.1, 0.15) is 12.6 Å². The topological polar surface area (TPSA) is 137 Å². The van der Waals surface area contributed by atoms with Crippen molar-refractivity contribution < 1.29 is 43.3 Å². The second-order valence-electron chi connectivity index (χ2n) is 7.28. The van der Waals surface area contributed by atoms with Crippen molar-refractivity contribution in [3.8, 4) is 0 Å². The molecule has 0 bridgehead atoms. The van der Waals surface area contributed by atoms with Gasteiger partial charge in [-0.15, -0.1) is 0 Å². The van der Waals surface area contributed by atoms with Crippen LogP contribution in [0.2, 0.25) is 0 Å². The third-order valence-corrected chi connectivity index (χ3v) is 4.91. The molecule has 2 rings (SSSR count). The quantitative estimate of drug-likeness (QED) is 0.279. The lowest BCUT2D eigenvalue weighted by Crippen LogP contribution is -2.51. The summed E-state index contributed by atoms with van der Waals surface area (Å²) in [5, 5.41) is 8.78. The van der Waals surface area contributed by atoms with Crippen molar-refractivity contribution in [2.24, 2.45) is 0 Å². The Kier molecular flexibility index (Phi) is 9.89. The van der Waals surface area contributed by atoms with Crippen LogP contribution in [-0.4, -0.2) is 72.1 Å². The molecule has 1 aromatic rings. The number of allylic oxidation sites excluding steroid dienone is 1. The monoisotopic (exact) mass is 461 g/mol. The van der Waals surface area contributed by atoms with Crippen LogP contribution >= 0.6 is 0 Å². The maximum Gasteiger partial charge on any atom is 0.417 e. The molecule has 3 atom stereocenters. The number of nitrogens with zero attached hydrogens (tertiary/aromatic N) is 1. The number of carbonyl (C=O) groups is 5. The van der Waals surface area contributed by atoms with Gasteiger partial charge in [-0.1, -0.05) is 30.3 Å². The second-order valence-corrected chi connectivity index (χ2v) is 7.28. The number of ketones is 2. The zero-order chi connectivity index (χ0) is 24.4. The zero-order valence-electron chi connectivity index (χ0n) is 18.5. The summed E-state index contributed by atoms with van der Waals surface area (Å²) in [5.74, 6) is -3.00. The number of aliphatic hydroxyl groups excluding tert-OH is 1. The van der Waals surface area contributed by atoms with Crippen molar-refractivity contribution in [3.63, 3.8) is 0 Å². The van der Waals surface area contributed by atoms with Crippen LogP contribution in [0.15, 0.2) is 42.5 Å². The van der Waals surface area contributed by atoms with Crippen LogP contribution in [0.5, 0.6) is 0 Å². The van der Waals surface area contributed by atoms with E-state index in [0.29, 0.717) is 18.4 Å². The summed E-state index contributed by atoms with van der Waals surface area (Å²) in [5.41, 5.74) is 0.635. The molecule has 0 unspecified atom stereocenters. The van der Waals surface area contributed by atoms with Gasteiger partial charge in [0.25, 0.3) is 5.91 Å². The van der Waals surface area contributed by atoms with Crippen molar-refractivity contribution >= 4 is 29.5 Å². The molecule has 0 aliphatic carbocycles. The van der Waals surface area contributed by atoms with Crippen LogP contribution in [0.25, 0.3) is 0 Å². The summed E-state index contributed by atoms with van der Waals surface area (Å²) in [6, 6.07) is 7.94. The van der Waals surface area contributed by atoms with E-state index in [-0.39, 0.29) is 25.4 Å². The number of carbonyl (C=O) groups excluding carboxylic acids is 5. The third-order valence-electron chi connectivity index (χ3n) is 4.91. The number of amides is 2. The van der Waals surface area contributed by atoms with Gasteiger partial charge < -0.3 is 19.3 Å². The molecule has 1 aromatic carbocycles. The van der Waals surface area contributed by atoms with Crippen LogP contribution in [0, 0.1) is 0 Å². The van der Waals surface area contributed by atoms with Gasteiger partial charge in [-0.2, -0.15) is 0 Å². The summed E-state index contributed by atoms with van der Waals surface area (Å²) in [7, 11) is 1.13. The molecule has 1 heterocycles. The SMILES string of the molecule is CO[C@@H](C(=O)N1C(=O)OC[C@H]1c1ccccc1)[C@@H](OC(C)=O)C(=O)C=CC(=O)CCCCO. The highest BCUT2D eigenvalue weighted by Crippen LogP contribution is 2.29. The highest BCUT2D eigenvalue weighted by Gasteiger charge is 2.46. The number of unbranched alkanes of at least 4 members (excludes halogenated alkanes) is 1. The van der Waals surface area contributed by atoms with E-state index in [1.165, 1.54) is 0 Å². The molecule has 0 saturated carbocycles. The van der Waals surface area contributed by atoms with Crippen molar-refractivity contribution in [2.45, 2.75) is 44.4 Å². The molecule has 0 spiro atoms. The highest BCUT2D eigenvalue weighted by atomic mass is 16.6. The zero-order valence-corrected chi connectivity index (χ0v) is 18.5. The molecule has 1 fully saturated rings. The highest BCUT2D eigenvalue weighted by molar-refractivity contribution is 6.05. The Balaban J connectivity index is 2.24. The third kappa shape index (κ3) is 7.06. The Labute approximate surface area is 191 Å². The minimum absolute atomic E-state index is 0.0506. The van der Waals surface area contributed by atoms with Gasteiger partial charge >= 0.3 is 12.1 Å². The van der Waals surface area contributed by atoms with E-state index in [1.807, 2.05) is 0 Å². The number of aliphatic hydroxyl groups is 1. The number of hydrogen-bond acceptors (Lipinski definition) is 9. The lowest BCUT2D eigenvalue weighted by molar-refractivity contribution is -0.166. The number of ether oxygens (including phenoxy) is 3. The normalized spacial score (nSPS) is 17.5. The Morgan fingerprint density at radius 1 is 1.15 bits per heavy atom. The average molecular weight is 461 g/mol. The van der Waals surface area contributed by atoms with E-state index in [4.69, 9.17) is 19.3 Å². The predicted molar refractivity (Wildman–Crippen MR) is 114 cm³/mol. The Morgan fingerprint density at radius 3 is 2.45 bits per heavy atom. The van der Waals surface area contributed by atoms with Gasteiger partial charge in [0.05, 0.1) is 0 Å². The molecular weight excluding hydrogens is 434 g/mol. The van der Waals surface area contributed by atoms with Gasteiger partial charge in [-0.25, -0.2) is 9.69 Å². The molecule has 1 N–H and O–H groups in total. The molecule has 10 heteroatoms. The molecule has 0 aromatic heterocycles. The number of imide groups is 1. The summed E-state index contributed by atoms with van der Waals surface area (Å²) < 4.78 is 15.3. The maximum atomic E-state index is 13.3. The lowest BCUT2D eigenvalue weighted by Gasteiger charge is -2.27. The first-order chi connectivity index (χ1) is 15.8. The first kappa shape index (κ1) is 25.9. The number of methoxy groups -OCH3 is 1. The first-order valence-electron chi connectivity index (χ1n) is 10.4. The summed E-state index contributed by atoms with van der Waals surface area (Å²) in [6.45, 7) is 0.919. The maximum absolute atomic E-state index is 13.3. The fraction of sp³-hybridized carbons (Fsp3) is 0.435. The van der Waals surface area contributed by atoms with Gasteiger partial charge in [-0.05, 0) is 30.6 Å². The van der Waals surface area contributed by atoms with Crippen molar-refractivity contribution in [2.75, 3.05) is 20.3 Å². The smallest absolute Gasteiger partial charge is 0.417 e. The van der Waals surface area contributed by atoms with Crippen LogP contribution in [-0.2, 0) is 33.4 Å². The Morgan fingerprint density at radius 2 is 1.85 bits per heavy atom. The van der Waals surface area contributed by atoms with Gasteiger partial charge in [0, 0.05) is 27.1 Å². The van der Waals surface area contributed by atoms with Crippen LogP contribution < -0.4 is 0 Å². The summed E-state index contributed by atoms with van der Waals surface area (Å²) >= 11 is 0. The summed E-state index contributed by atoms with van der Waals surface area (Å²) in [6.07, 6.45) is -1.35. The molecule has 1 saturated heterocycles. The molecule has 1 aliphatic heterocycles. The van der Waals surface area contributed by atoms with Crippen molar-refractivity contribution in [1.82, 2.24) is 4.90 Å². The average Bonchev–Trinajstić information content (AvgIpc) is 3.19. The van der Waals surface area contributed by atoms with Crippen molar-refractivity contribution in [3.05, 3.63) is 48.0 Å².